The van der Waals surface area contributed by atoms with Crippen molar-refractivity contribution in [1.29, 1.82) is 0 Å². The second-order valence-corrected chi connectivity index (χ2v) is 6.89. The highest BCUT2D eigenvalue weighted by Crippen LogP contribution is 2.36. The molecular formula is C18H26N2O2. The first-order chi connectivity index (χ1) is 10.5. The van der Waals surface area contributed by atoms with Gasteiger partial charge in [-0.2, -0.15) is 0 Å². The molecule has 0 bridgehead atoms. The normalized spacial score (nSPS) is 28.2. The molecule has 4 heteroatoms. The maximum Gasteiger partial charge on any atom is 0.315 e. The van der Waals surface area contributed by atoms with Crippen molar-refractivity contribution in [3.63, 3.8) is 0 Å². The van der Waals surface area contributed by atoms with Gasteiger partial charge in [0.15, 0.2) is 0 Å². The van der Waals surface area contributed by atoms with E-state index in [1.807, 2.05) is 0 Å². The van der Waals surface area contributed by atoms with E-state index in [1.54, 1.807) is 0 Å². The molecule has 3 rings (SSSR count). The van der Waals surface area contributed by atoms with Crippen LogP contribution in [0.25, 0.3) is 0 Å². The second kappa shape index (κ2) is 6.29. The molecule has 0 aromatic heterocycles. The van der Waals surface area contributed by atoms with E-state index in [0.717, 1.165) is 26.1 Å². The van der Waals surface area contributed by atoms with Crippen LogP contribution in [-0.4, -0.2) is 25.3 Å². The minimum atomic E-state index is -0.0643. The molecule has 1 aliphatic carbocycles. The lowest BCUT2D eigenvalue weighted by Gasteiger charge is -2.23. The molecule has 0 saturated carbocycles. The quantitative estimate of drug-likeness (QED) is 0.902. The number of amides is 2. The number of carbonyl (C=O) groups is 1. The van der Waals surface area contributed by atoms with Gasteiger partial charge in [0, 0.05) is 18.6 Å². The third kappa shape index (κ3) is 3.12. The Morgan fingerprint density at radius 1 is 1.41 bits per heavy atom. The molecule has 4 nitrogen and oxygen atoms in total. The van der Waals surface area contributed by atoms with E-state index in [1.165, 1.54) is 16.7 Å². The molecule has 4 atom stereocenters. The Hall–Kier alpha value is -1.55. The Balaban J connectivity index is 1.63. The van der Waals surface area contributed by atoms with E-state index in [0.29, 0.717) is 11.8 Å². The van der Waals surface area contributed by atoms with Crippen LogP contribution in [-0.2, 0) is 11.2 Å². The molecule has 2 aliphatic rings. The average molecular weight is 302 g/mol. The van der Waals surface area contributed by atoms with Crippen molar-refractivity contribution in [2.75, 3.05) is 13.2 Å². The summed E-state index contributed by atoms with van der Waals surface area (Å²) in [6, 6.07) is 6.75. The van der Waals surface area contributed by atoms with E-state index in [-0.39, 0.29) is 18.1 Å². The van der Waals surface area contributed by atoms with Gasteiger partial charge in [-0.15, -0.1) is 0 Å². The summed E-state index contributed by atoms with van der Waals surface area (Å²) >= 11 is 0. The fourth-order valence-electron chi connectivity index (χ4n) is 3.64. The van der Waals surface area contributed by atoms with E-state index in [4.69, 9.17) is 4.74 Å². The summed E-state index contributed by atoms with van der Waals surface area (Å²) in [4.78, 5) is 12.3. The Kier molecular flexibility index (Phi) is 4.39. The van der Waals surface area contributed by atoms with E-state index in [9.17, 15) is 4.79 Å². The highest BCUT2D eigenvalue weighted by atomic mass is 16.5. The summed E-state index contributed by atoms with van der Waals surface area (Å²) in [6.07, 6.45) is 2.07. The number of aryl methyl sites for hydroxylation is 1. The zero-order chi connectivity index (χ0) is 15.7. The molecule has 1 aromatic rings. The van der Waals surface area contributed by atoms with Gasteiger partial charge in [0.1, 0.15) is 0 Å². The molecule has 4 unspecified atom stereocenters. The lowest BCUT2D eigenvalue weighted by Crippen LogP contribution is -2.45. The number of fused-ring (bicyclic) bond motifs is 1. The van der Waals surface area contributed by atoms with Crippen LogP contribution in [0, 0.1) is 18.8 Å². The molecule has 1 aliphatic heterocycles. The monoisotopic (exact) mass is 302 g/mol. The topological polar surface area (TPSA) is 50.4 Å². The molecule has 22 heavy (non-hydrogen) atoms. The minimum Gasteiger partial charge on any atom is -0.381 e. The summed E-state index contributed by atoms with van der Waals surface area (Å²) in [5.41, 5.74) is 3.89. The summed E-state index contributed by atoms with van der Waals surface area (Å²) < 4.78 is 5.40. The number of benzene rings is 1. The zero-order valence-corrected chi connectivity index (χ0v) is 13.7. The fraction of sp³-hybridized carbons (Fsp3) is 0.611. The van der Waals surface area contributed by atoms with Crippen LogP contribution in [0.2, 0.25) is 0 Å². The lowest BCUT2D eigenvalue weighted by atomic mass is 10.0. The van der Waals surface area contributed by atoms with E-state index >= 15 is 0 Å². The molecule has 120 valence electrons. The average Bonchev–Trinajstić information content (AvgIpc) is 3.09. The number of hydrogen-bond acceptors (Lipinski definition) is 2. The number of urea groups is 1. The van der Waals surface area contributed by atoms with Gasteiger partial charge in [0.2, 0.25) is 0 Å². The van der Waals surface area contributed by atoms with Gasteiger partial charge in [-0.25, -0.2) is 4.79 Å². The van der Waals surface area contributed by atoms with E-state index < -0.39 is 0 Å². The molecule has 1 aromatic carbocycles. The first kappa shape index (κ1) is 15.3. The lowest BCUT2D eigenvalue weighted by molar-refractivity contribution is 0.177. The maximum atomic E-state index is 12.3. The molecular weight excluding hydrogens is 276 g/mol. The van der Waals surface area contributed by atoms with Gasteiger partial charge in [0.05, 0.1) is 12.6 Å². The van der Waals surface area contributed by atoms with Crippen molar-refractivity contribution in [2.45, 2.75) is 45.7 Å². The van der Waals surface area contributed by atoms with Gasteiger partial charge in [-0.05, 0) is 43.7 Å². The number of rotatable bonds is 3. The molecule has 0 radical (unpaired) electrons. The molecule has 2 N–H and O–H groups in total. The van der Waals surface area contributed by atoms with Crippen LogP contribution >= 0.6 is 0 Å². The van der Waals surface area contributed by atoms with Crippen LogP contribution in [0.5, 0.6) is 0 Å². The van der Waals surface area contributed by atoms with Gasteiger partial charge < -0.3 is 15.4 Å². The van der Waals surface area contributed by atoms with Crippen LogP contribution in [0.4, 0.5) is 4.79 Å². The molecule has 1 heterocycles. The summed E-state index contributed by atoms with van der Waals surface area (Å²) in [7, 11) is 0. The fourth-order valence-corrected chi connectivity index (χ4v) is 3.64. The van der Waals surface area contributed by atoms with Crippen molar-refractivity contribution in [1.82, 2.24) is 10.6 Å². The molecule has 1 fully saturated rings. The standard InChI is InChI=1S/C18H26N2O2/c1-11-4-5-14-9-12(2)17(16(14)8-11)20-18(21)19-13(3)15-6-7-22-10-15/h4-5,8,12-13,15,17H,6-7,9-10H2,1-3H3,(H2,19,20,21). The summed E-state index contributed by atoms with van der Waals surface area (Å²) in [6.45, 7) is 7.93. The Morgan fingerprint density at radius 2 is 2.23 bits per heavy atom. The third-order valence-electron chi connectivity index (χ3n) is 5.06. The van der Waals surface area contributed by atoms with Crippen molar-refractivity contribution in [2.24, 2.45) is 11.8 Å². The molecule has 1 saturated heterocycles. The van der Waals surface area contributed by atoms with E-state index in [2.05, 4.69) is 49.6 Å². The Labute approximate surface area is 132 Å². The number of carbonyl (C=O) groups excluding carboxylic acids is 1. The van der Waals surface area contributed by atoms with Crippen LogP contribution in [0.1, 0.15) is 43.0 Å². The predicted octanol–water partition coefficient (Wildman–Crippen LogP) is 2.95. The first-order valence-corrected chi connectivity index (χ1v) is 8.29. The van der Waals surface area contributed by atoms with Gasteiger partial charge in [-0.3, -0.25) is 0 Å². The van der Waals surface area contributed by atoms with Gasteiger partial charge >= 0.3 is 6.03 Å². The minimum absolute atomic E-state index is 0.0643. The number of ether oxygens (including phenoxy) is 1. The van der Waals surface area contributed by atoms with Crippen LogP contribution < -0.4 is 10.6 Å². The highest BCUT2D eigenvalue weighted by Gasteiger charge is 2.31. The largest absolute Gasteiger partial charge is 0.381 e. The predicted molar refractivity (Wildman–Crippen MR) is 86.8 cm³/mol. The SMILES string of the molecule is Cc1ccc2c(c1)C(NC(=O)NC(C)C1CCOC1)C(C)C2. The summed E-state index contributed by atoms with van der Waals surface area (Å²) in [5, 5.41) is 6.26. The van der Waals surface area contributed by atoms with Crippen LogP contribution in [0.15, 0.2) is 18.2 Å². The van der Waals surface area contributed by atoms with Crippen molar-refractivity contribution in [3.8, 4) is 0 Å². The maximum absolute atomic E-state index is 12.3. The van der Waals surface area contributed by atoms with Crippen LogP contribution in [0.3, 0.4) is 0 Å². The second-order valence-electron chi connectivity index (χ2n) is 6.89. The van der Waals surface area contributed by atoms with Crippen molar-refractivity contribution in [3.05, 3.63) is 34.9 Å². The Morgan fingerprint density at radius 3 is 2.95 bits per heavy atom. The van der Waals surface area contributed by atoms with Crippen molar-refractivity contribution >= 4 is 6.03 Å². The third-order valence-corrected chi connectivity index (χ3v) is 5.06. The number of nitrogens with one attached hydrogen (secondary N) is 2. The highest BCUT2D eigenvalue weighted by molar-refractivity contribution is 5.75. The molecule has 0 spiro atoms. The first-order valence-electron chi connectivity index (χ1n) is 8.29. The smallest absolute Gasteiger partial charge is 0.315 e. The number of hydrogen-bond donors (Lipinski definition) is 2. The molecule has 2 amide bonds. The zero-order valence-electron chi connectivity index (χ0n) is 13.7. The van der Waals surface area contributed by atoms with Gasteiger partial charge in [0.25, 0.3) is 0 Å². The van der Waals surface area contributed by atoms with Crippen molar-refractivity contribution < 1.29 is 9.53 Å². The Bertz CT molecular complexity index is 552. The van der Waals surface area contributed by atoms with Gasteiger partial charge in [-0.1, -0.05) is 30.7 Å². The summed E-state index contributed by atoms with van der Waals surface area (Å²) in [5.74, 6) is 0.869.